The first-order valence-corrected chi connectivity index (χ1v) is 9.03. The number of nitrogens with one attached hydrogen (secondary N) is 2. The lowest BCUT2D eigenvalue weighted by Crippen LogP contribution is -2.49. The van der Waals surface area contributed by atoms with Gasteiger partial charge in [-0.25, -0.2) is 0 Å². The smallest absolute Gasteiger partial charge is 0.242 e. The molecule has 0 bridgehead atoms. The van der Waals surface area contributed by atoms with Gasteiger partial charge >= 0.3 is 0 Å². The van der Waals surface area contributed by atoms with Crippen LogP contribution in [0.25, 0.3) is 0 Å². The van der Waals surface area contributed by atoms with Crippen LogP contribution in [0.1, 0.15) is 31.2 Å². The number of rotatable bonds is 4. The zero-order chi connectivity index (χ0) is 17.1. The Labute approximate surface area is 151 Å². The van der Waals surface area contributed by atoms with Crippen molar-refractivity contribution in [3.63, 3.8) is 0 Å². The third-order valence-electron chi connectivity index (χ3n) is 4.64. The lowest BCUT2D eigenvalue weighted by molar-refractivity contribution is -0.126. The van der Waals surface area contributed by atoms with Gasteiger partial charge in [0.15, 0.2) is 0 Å². The van der Waals surface area contributed by atoms with Gasteiger partial charge in [-0.1, -0.05) is 29.3 Å². The molecular formula is C17H21Cl2N3O2. The van der Waals surface area contributed by atoms with Crippen molar-refractivity contribution < 1.29 is 9.59 Å². The molecule has 2 amide bonds. The van der Waals surface area contributed by atoms with Crippen molar-refractivity contribution in [2.45, 2.75) is 44.3 Å². The predicted octanol–water partition coefficient (Wildman–Crippen LogP) is 2.35. The van der Waals surface area contributed by atoms with E-state index >= 15 is 0 Å². The zero-order valence-corrected chi connectivity index (χ0v) is 14.9. The number of hydrogen-bond acceptors (Lipinski definition) is 3. The standard InChI is InChI=1S/C17H21Cl2N3O2/c18-13-2-1-11(9-14(13)19)10-22-7-5-12(6-8-22)20-17(24)15-3-4-16(23)21-15/h1-2,9,12,15H,3-8,10H2,(H,20,24)(H,21,23)/t15-/m1/s1. The van der Waals surface area contributed by atoms with E-state index in [4.69, 9.17) is 23.2 Å². The summed E-state index contributed by atoms with van der Waals surface area (Å²) in [6.07, 6.45) is 2.86. The molecule has 1 atom stereocenters. The molecule has 1 aromatic rings. The van der Waals surface area contributed by atoms with Crippen molar-refractivity contribution in [2.24, 2.45) is 0 Å². The normalized spacial score (nSPS) is 22.4. The summed E-state index contributed by atoms with van der Waals surface area (Å²) in [5.41, 5.74) is 1.14. The van der Waals surface area contributed by atoms with E-state index in [1.54, 1.807) is 0 Å². The van der Waals surface area contributed by atoms with E-state index in [0.29, 0.717) is 22.9 Å². The monoisotopic (exact) mass is 369 g/mol. The van der Waals surface area contributed by atoms with Crippen LogP contribution >= 0.6 is 23.2 Å². The van der Waals surface area contributed by atoms with Gasteiger partial charge < -0.3 is 10.6 Å². The number of amides is 2. The Balaban J connectivity index is 1.44. The lowest BCUT2D eigenvalue weighted by Gasteiger charge is -2.32. The highest BCUT2D eigenvalue weighted by atomic mass is 35.5. The molecule has 0 saturated carbocycles. The van der Waals surface area contributed by atoms with Crippen molar-refractivity contribution in [3.05, 3.63) is 33.8 Å². The number of carbonyl (C=O) groups excluding carboxylic acids is 2. The molecule has 2 heterocycles. The summed E-state index contributed by atoms with van der Waals surface area (Å²) in [6, 6.07) is 5.54. The third kappa shape index (κ3) is 4.41. The van der Waals surface area contributed by atoms with E-state index in [-0.39, 0.29) is 23.9 Å². The second-order valence-electron chi connectivity index (χ2n) is 6.47. The van der Waals surface area contributed by atoms with Gasteiger partial charge in [-0.3, -0.25) is 14.5 Å². The first-order valence-electron chi connectivity index (χ1n) is 8.27. The molecule has 0 spiro atoms. The molecule has 0 radical (unpaired) electrons. The topological polar surface area (TPSA) is 61.4 Å². The fourth-order valence-electron chi connectivity index (χ4n) is 3.24. The van der Waals surface area contributed by atoms with E-state index in [2.05, 4.69) is 15.5 Å². The summed E-state index contributed by atoms with van der Waals surface area (Å²) in [5, 5.41) is 6.92. The molecule has 0 unspecified atom stereocenters. The Morgan fingerprint density at radius 2 is 1.96 bits per heavy atom. The molecule has 130 valence electrons. The maximum Gasteiger partial charge on any atom is 0.242 e. The Bertz CT molecular complexity index is 630. The Morgan fingerprint density at radius 3 is 2.58 bits per heavy atom. The number of likely N-dealkylation sites (tertiary alicyclic amines) is 1. The van der Waals surface area contributed by atoms with Gasteiger partial charge in [0.1, 0.15) is 6.04 Å². The van der Waals surface area contributed by atoms with Gasteiger partial charge in [0, 0.05) is 32.1 Å². The average molecular weight is 370 g/mol. The number of benzene rings is 1. The van der Waals surface area contributed by atoms with Crippen molar-refractivity contribution in [2.75, 3.05) is 13.1 Å². The molecule has 5 nitrogen and oxygen atoms in total. The molecule has 7 heteroatoms. The Hall–Kier alpha value is -1.30. The molecule has 2 saturated heterocycles. The van der Waals surface area contributed by atoms with Gasteiger partial charge in [0.25, 0.3) is 0 Å². The zero-order valence-electron chi connectivity index (χ0n) is 13.4. The van der Waals surface area contributed by atoms with Gasteiger partial charge in [-0.15, -0.1) is 0 Å². The minimum absolute atomic E-state index is 0.0356. The summed E-state index contributed by atoms with van der Waals surface area (Å²) in [5.74, 6) is -0.0876. The second-order valence-corrected chi connectivity index (χ2v) is 7.28. The van der Waals surface area contributed by atoms with Crippen LogP contribution in [0.3, 0.4) is 0 Å². The van der Waals surface area contributed by atoms with Crippen LogP contribution in [0, 0.1) is 0 Å². The van der Waals surface area contributed by atoms with Crippen LogP contribution in [0.4, 0.5) is 0 Å². The third-order valence-corrected chi connectivity index (χ3v) is 5.37. The summed E-state index contributed by atoms with van der Waals surface area (Å²) in [6.45, 7) is 2.67. The fraction of sp³-hybridized carbons (Fsp3) is 0.529. The molecule has 24 heavy (non-hydrogen) atoms. The highest BCUT2D eigenvalue weighted by Gasteiger charge is 2.29. The molecule has 0 aromatic heterocycles. The highest BCUT2D eigenvalue weighted by Crippen LogP contribution is 2.24. The van der Waals surface area contributed by atoms with Crippen LogP contribution in [-0.2, 0) is 16.1 Å². The van der Waals surface area contributed by atoms with Gasteiger partial charge in [0.2, 0.25) is 11.8 Å². The molecule has 2 aliphatic heterocycles. The van der Waals surface area contributed by atoms with Crippen LogP contribution in [0.15, 0.2) is 18.2 Å². The largest absolute Gasteiger partial charge is 0.351 e. The van der Waals surface area contributed by atoms with Gasteiger partial charge in [0.05, 0.1) is 10.0 Å². The first-order chi connectivity index (χ1) is 11.5. The Kier molecular flexibility index (Phi) is 5.64. The summed E-state index contributed by atoms with van der Waals surface area (Å²) >= 11 is 12.0. The number of carbonyl (C=O) groups is 2. The number of nitrogens with zero attached hydrogens (tertiary/aromatic N) is 1. The lowest BCUT2D eigenvalue weighted by atomic mass is 10.0. The van der Waals surface area contributed by atoms with E-state index in [9.17, 15) is 9.59 Å². The SMILES string of the molecule is O=C1CC[C@H](C(=O)NC2CCN(Cc3ccc(Cl)c(Cl)c3)CC2)N1. The van der Waals surface area contributed by atoms with Crippen molar-refractivity contribution >= 4 is 35.0 Å². The van der Waals surface area contributed by atoms with Crippen molar-refractivity contribution in [3.8, 4) is 0 Å². The molecule has 2 aliphatic rings. The van der Waals surface area contributed by atoms with Crippen molar-refractivity contribution in [1.82, 2.24) is 15.5 Å². The first kappa shape index (κ1) is 17.5. The highest BCUT2D eigenvalue weighted by molar-refractivity contribution is 6.42. The van der Waals surface area contributed by atoms with E-state index in [0.717, 1.165) is 38.0 Å². The maximum absolute atomic E-state index is 12.1. The molecule has 2 fully saturated rings. The van der Waals surface area contributed by atoms with E-state index in [1.807, 2.05) is 18.2 Å². The molecular weight excluding hydrogens is 349 g/mol. The summed E-state index contributed by atoms with van der Waals surface area (Å²) < 4.78 is 0. The fourth-order valence-corrected chi connectivity index (χ4v) is 3.56. The Morgan fingerprint density at radius 1 is 1.21 bits per heavy atom. The van der Waals surface area contributed by atoms with Crippen LogP contribution < -0.4 is 10.6 Å². The number of piperidine rings is 1. The quantitative estimate of drug-likeness (QED) is 0.856. The minimum Gasteiger partial charge on any atom is -0.351 e. The number of hydrogen-bond donors (Lipinski definition) is 2. The predicted molar refractivity (Wildman–Crippen MR) is 94.1 cm³/mol. The average Bonchev–Trinajstić information content (AvgIpc) is 2.99. The van der Waals surface area contributed by atoms with E-state index in [1.165, 1.54) is 0 Å². The summed E-state index contributed by atoms with van der Waals surface area (Å²) in [7, 11) is 0. The van der Waals surface area contributed by atoms with Crippen LogP contribution in [0.2, 0.25) is 10.0 Å². The second kappa shape index (κ2) is 7.72. The molecule has 3 rings (SSSR count). The van der Waals surface area contributed by atoms with Crippen LogP contribution in [0.5, 0.6) is 0 Å². The van der Waals surface area contributed by atoms with Crippen molar-refractivity contribution in [1.29, 1.82) is 0 Å². The molecule has 0 aliphatic carbocycles. The maximum atomic E-state index is 12.1. The van der Waals surface area contributed by atoms with Crippen LogP contribution in [-0.4, -0.2) is 41.9 Å². The summed E-state index contributed by atoms with van der Waals surface area (Å²) in [4.78, 5) is 25.7. The minimum atomic E-state index is -0.355. The molecule has 1 aromatic carbocycles. The molecule has 2 N–H and O–H groups in total. The van der Waals surface area contributed by atoms with Gasteiger partial charge in [-0.05, 0) is 37.0 Å². The number of halogens is 2. The van der Waals surface area contributed by atoms with Gasteiger partial charge in [-0.2, -0.15) is 0 Å². The van der Waals surface area contributed by atoms with E-state index < -0.39 is 0 Å².